The van der Waals surface area contributed by atoms with E-state index >= 15 is 0 Å². The Hall–Kier alpha value is -3.47. The van der Waals surface area contributed by atoms with Gasteiger partial charge in [0.25, 0.3) is 0 Å². The Morgan fingerprint density at radius 1 is 0.719 bits per heavy atom. The van der Waals surface area contributed by atoms with Gasteiger partial charge in [0.2, 0.25) is 0 Å². The predicted molar refractivity (Wildman–Crippen MR) is 122 cm³/mol. The van der Waals surface area contributed by atoms with Crippen molar-refractivity contribution in [3.05, 3.63) is 93.3 Å². The van der Waals surface area contributed by atoms with Crippen molar-refractivity contribution in [2.45, 2.75) is 47.5 Å². The van der Waals surface area contributed by atoms with Crippen molar-refractivity contribution in [1.29, 1.82) is 0 Å². The van der Waals surface area contributed by atoms with E-state index in [9.17, 15) is 14.0 Å². The van der Waals surface area contributed by atoms with Crippen LogP contribution in [0.2, 0.25) is 0 Å². The number of halogens is 1. The molecule has 0 bridgehead atoms. The van der Waals surface area contributed by atoms with Crippen molar-refractivity contribution in [3.63, 3.8) is 0 Å². The zero-order valence-corrected chi connectivity index (χ0v) is 19.2. The molecule has 3 rings (SSSR count). The van der Waals surface area contributed by atoms with Crippen molar-refractivity contribution in [1.82, 2.24) is 0 Å². The Labute approximate surface area is 188 Å². The molecule has 32 heavy (non-hydrogen) atoms. The largest absolute Gasteiger partial charge is 0.426 e. The Kier molecular flexibility index (Phi) is 6.78. The number of hydrogen-bond donors (Lipinski definition) is 0. The van der Waals surface area contributed by atoms with Crippen LogP contribution < -0.4 is 9.47 Å². The van der Waals surface area contributed by atoms with E-state index in [-0.39, 0.29) is 17.8 Å². The standard InChI is InChI=1S/C27H27FO4/c1-15-11-21(12-16(2)26(15)31-19(5)29)25(23-9-7-8-10-24(23)28)22-13-17(3)27(18(4)14-22)32-20(6)30/h7-14,25H,1-6H3. The zero-order valence-electron chi connectivity index (χ0n) is 19.2. The summed E-state index contributed by atoms with van der Waals surface area (Å²) in [5.74, 6) is -0.443. The molecule has 0 fully saturated rings. The maximum atomic E-state index is 15.0. The van der Waals surface area contributed by atoms with E-state index in [4.69, 9.17) is 9.47 Å². The fourth-order valence-corrected chi connectivity index (χ4v) is 4.17. The van der Waals surface area contributed by atoms with Crippen molar-refractivity contribution in [2.75, 3.05) is 0 Å². The lowest BCUT2D eigenvalue weighted by atomic mass is 9.82. The summed E-state index contributed by atoms with van der Waals surface area (Å²) < 4.78 is 25.7. The van der Waals surface area contributed by atoms with Crippen molar-refractivity contribution in [3.8, 4) is 11.5 Å². The molecule has 0 aliphatic heterocycles. The highest BCUT2D eigenvalue weighted by Crippen LogP contribution is 2.39. The van der Waals surface area contributed by atoms with E-state index in [1.165, 1.54) is 19.9 Å². The number of benzene rings is 3. The van der Waals surface area contributed by atoms with Gasteiger partial charge in [-0.15, -0.1) is 0 Å². The topological polar surface area (TPSA) is 52.6 Å². The fourth-order valence-electron chi connectivity index (χ4n) is 4.17. The van der Waals surface area contributed by atoms with Gasteiger partial charge in [0, 0.05) is 19.8 Å². The number of carbonyl (C=O) groups excluding carboxylic acids is 2. The van der Waals surface area contributed by atoms with Crippen LogP contribution in [0, 0.1) is 33.5 Å². The second-order valence-electron chi connectivity index (χ2n) is 8.11. The van der Waals surface area contributed by atoms with Crippen LogP contribution in [0.3, 0.4) is 0 Å². The summed E-state index contributed by atoms with van der Waals surface area (Å²) in [5, 5.41) is 0. The molecule has 5 heteroatoms. The first-order chi connectivity index (χ1) is 15.1. The van der Waals surface area contributed by atoms with E-state index in [0.717, 1.165) is 33.4 Å². The van der Waals surface area contributed by atoms with Crippen LogP contribution in [0.5, 0.6) is 11.5 Å². The number of hydrogen-bond acceptors (Lipinski definition) is 4. The van der Waals surface area contributed by atoms with Gasteiger partial charge < -0.3 is 9.47 Å². The van der Waals surface area contributed by atoms with Gasteiger partial charge in [-0.1, -0.05) is 42.5 Å². The predicted octanol–water partition coefficient (Wildman–Crippen LogP) is 6.09. The lowest BCUT2D eigenvalue weighted by Gasteiger charge is -2.23. The third kappa shape index (κ3) is 4.88. The number of carbonyl (C=O) groups is 2. The summed E-state index contributed by atoms with van der Waals surface area (Å²) in [6, 6.07) is 14.4. The number of ether oxygens (including phenoxy) is 2. The first-order valence-corrected chi connectivity index (χ1v) is 10.4. The molecule has 0 spiro atoms. The Morgan fingerprint density at radius 2 is 1.09 bits per heavy atom. The van der Waals surface area contributed by atoms with Gasteiger partial charge in [0.1, 0.15) is 17.3 Å². The average Bonchev–Trinajstić information content (AvgIpc) is 2.69. The summed E-state index contributed by atoms with van der Waals surface area (Å²) in [7, 11) is 0. The van der Waals surface area contributed by atoms with Crippen LogP contribution in [0.1, 0.15) is 58.7 Å². The van der Waals surface area contributed by atoms with Crippen LogP contribution in [-0.4, -0.2) is 11.9 Å². The summed E-state index contributed by atoms with van der Waals surface area (Å²) in [6.45, 7) is 10.2. The second-order valence-corrected chi connectivity index (χ2v) is 8.11. The van der Waals surface area contributed by atoms with E-state index in [1.54, 1.807) is 12.1 Å². The number of aryl methyl sites for hydroxylation is 4. The molecule has 0 N–H and O–H groups in total. The molecule has 4 nitrogen and oxygen atoms in total. The minimum Gasteiger partial charge on any atom is -0.426 e. The summed E-state index contributed by atoms with van der Waals surface area (Å²) in [4.78, 5) is 23.0. The molecule has 0 amide bonds. The van der Waals surface area contributed by atoms with Gasteiger partial charge in [-0.25, -0.2) is 4.39 Å². The molecular weight excluding hydrogens is 407 g/mol. The van der Waals surface area contributed by atoms with E-state index in [1.807, 2.05) is 58.0 Å². The molecule has 0 atom stereocenters. The molecule has 0 saturated heterocycles. The molecule has 0 aliphatic carbocycles. The first kappa shape index (κ1) is 23.2. The van der Waals surface area contributed by atoms with Crippen LogP contribution in [-0.2, 0) is 9.59 Å². The van der Waals surface area contributed by atoms with Crippen LogP contribution in [0.4, 0.5) is 4.39 Å². The van der Waals surface area contributed by atoms with Gasteiger partial charge >= 0.3 is 11.9 Å². The Balaban J connectivity index is 2.23. The van der Waals surface area contributed by atoms with Crippen molar-refractivity contribution >= 4 is 11.9 Å². The van der Waals surface area contributed by atoms with Crippen molar-refractivity contribution in [2.24, 2.45) is 0 Å². The van der Waals surface area contributed by atoms with Gasteiger partial charge in [0.15, 0.2) is 0 Å². The Morgan fingerprint density at radius 3 is 1.44 bits per heavy atom. The second kappa shape index (κ2) is 9.35. The molecule has 0 unspecified atom stereocenters. The molecule has 0 saturated carbocycles. The van der Waals surface area contributed by atoms with Gasteiger partial charge in [-0.3, -0.25) is 9.59 Å². The zero-order chi connectivity index (χ0) is 23.6. The maximum Gasteiger partial charge on any atom is 0.308 e. The van der Waals surface area contributed by atoms with Gasteiger partial charge in [0.05, 0.1) is 0 Å². The van der Waals surface area contributed by atoms with Crippen LogP contribution >= 0.6 is 0 Å². The monoisotopic (exact) mass is 434 g/mol. The van der Waals surface area contributed by atoms with E-state index in [2.05, 4.69) is 0 Å². The molecule has 0 aliphatic rings. The highest BCUT2D eigenvalue weighted by molar-refractivity contribution is 5.71. The lowest BCUT2D eigenvalue weighted by molar-refractivity contribution is -0.132. The van der Waals surface area contributed by atoms with Crippen LogP contribution in [0.25, 0.3) is 0 Å². The minimum atomic E-state index is -0.399. The highest BCUT2D eigenvalue weighted by Gasteiger charge is 2.24. The van der Waals surface area contributed by atoms with Gasteiger partial charge in [-0.2, -0.15) is 0 Å². The van der Waals surface area contributed by atoms with Crippen LogP contribution in [0.15, 0.2) is 48.5 Å². The summed E-state index contributed by atoms with van der Waals surface area (Å²) in [6.07, 6.45) is 0. The SMILES string of the molecule is CC(=O)Oc1c(C)cc(C(c2cc(C)c(OC(C)=O)c(C)c2)c2ccccc2F)cc1C. The van der Waals surface area contributed by atoms with E-state index in [0.29, 0.717) is 17.1 Å². The number of rotatable bonds is 5. The molecular formula is C27H27FO4. The van der Waals surface area contributed by atoms with Crippen molar-refractivity contribution < 1.29 is 23.5 Å². The third-order valence-corrected chi connectivity index (χ3v) is 5.34. The third-order valence-electron chi connectivity index (χ3n) is 5.34. The lowest BCUT2D eigenvalue weighted by Crippen LogP contribution is -2.11. The fraction of sp³-hybridized carbons (Fsp3) is 0.259. The quantitative estimate of drug-likeness (QED) is 0.277. The molecule has 3 aromatic carbocycles. The Bertz CT molecular complexity index is 1080. The molecule has 0 heterocycles. The molecule has 0 aromatic heterocycles. The average molecular weight is 435 g/mol. The summed E-state index contributed by atoms with van der Waals surface area (Å²) >= 11 is 0. The summed E-state index contributed by atoms with van der Waals surface area (Å²) in [5.41, 5.74) is 5.46. The van der Waals surface area contributed by atoms with E-state index < -0.39 is 5.92 Å². The first-order valence-electron chi connectivity index (χ1n) is 10.4. The maximum absolute atomic E-state index is 15.0. The molecule has 166 valence electrons. The minimum absolute atomic E-state index is 0.309. The number of esters is 2. The smallest absolute Gasteiger partial charge is 0.308 e. The highest BCUT2D eigenvalue weighted by atomic mass is 19.1. The molecule has 3 aromatic rings. The van der Waals surface area contributed by atoms with Gasteiger partial charge in [-0.05, 0) is 72.7 Å². The molecule has 0 radical (unpaired) electrons. The normalized spacial score (nSPS) is 10.9.